The Bertz CT molecular complexity index is 369. The summed E-state index contributed by atoms with van der Waals surface area (Å²) in [7, 11) is 0. The fraction of sp³-hybridized carbons (Fsp3) is 0.667. The van der Waals surface area contributed by atoms with Crippen LogP contribution < -0.4 is 10.6 Å². The molecule has 1 aromatic heterocycles. The molecule has 0 atom stereocenters. The lowest BCUT2D eigenvalue weighted by molar-refractivity contribution is 0.364. The molecule has 0 bridgehead atoms. The summed E-state index contributed by atoms with van der Waals surface area (Å²) in [6, 6.07) is 0. The average Bonchev–Trinajstić information content (AvgIpc) is 2.24. The summed E-state index contributed by atoms with van der Waals surface area (Å²) >= 11 is 0. The van der Waals surface area contributed by atoms with E-state index in [0.29, 0.717) is 0 Å². The molecular weight excluding hydrogens is 200 g/mol. The highest BCUT2D eigenvalue weighted by Gasteiger charge is 2.26. The third kappa shape index (κ3) is 2.50. The maximum Gasteiger partial charge on any atom is 0.145 e. The van der Waals surface area contributed by atoms with Crippen molar-refractivity contribution in [1.82, 2.24) is 15.3 Å². The van der Waals surface area contributed by atoms with Gasteiger partial charge in [-0.15, -0.1) is 0 Å². The number of anilines is 1. The zero-order valence-corrected chi connectivity index (χ0v) is 10.3. The molecule has 2 rings (SSSR count). The fourth-order valence-electron chi connectivity index (χ4n) is 2.01. The van der Waals surface area contributed by atoms with Gasteiger partial charge in [-0.3, -0.25) is 4.98 Å². The first kappa shape index (κ1) is 11.3. The summed E-state index contributed by atoms with van der Waals surface area (Å²) in [6.07, 6.45) is 4.08. The Hall–Kier alpha value is -1.16. The number of piperidine rings is 1. The smallest absolute Gasteiger partial charge is 0.145 e. The van der Waals surface area contributed by atoms with Crippen molar-refractivity contribution in [3.8, 4) is 0 Å². The van der Waals surface area contributed by atoms with E-state index in [9.17, 15) is 0 Å². The largest absolute Gasteiger partial charge is 0.364 e. The Morgan fingerprint density at radius 1 is 1.25 bits per heavy atom. The Labute approximate surface area is 96.9 Å². The van der Waals surface area contributed by atoms with Gasteiger partial charge in [0, 0.05) is 5.54 Å². The first-order chi connectivity index (χ1) is 7.59. The molecule has 0 aromatic carbocycles. The van der Waals surface area contributed by atoms with Crippen LogP contribution in [-0.4, -0.2) is 28.6 Å². The van der Waals surface area contributed by atoms with E-state index in [0.717, 1.165) is 43.1 Å². The molecule has 4 heteroatoms. The summed E-state index contributed by atoms with van der Waals surface area (Å²) in [5.74, 6) is 0.896. The van der Waals surface area contributed by atoms with Crippen molar-refractivity contribution in [3.63, 3.8) is 0 Å². The molecule has 1 aliphatic rings. The van der Waals surface area contributed by atoms with Crippen molar-refractivity contribution < 1.29 is 0 Å². The van der Waals surface area contributed by atoms with Gasteiger partial charge in [-0.05, 0) is 46.7 Å². The maximum atomic E-state index is 4.52. The molecule has 88 valence electrons. The zero-order valence-electron chi connectivity index (χ0n) is 10.3. The minimum absolute atomic E-state index is 0.154. The first-order valence-corrected chi connectivity index (χ1v) is 5.88. The highest BCUT2D eigenvalue weighted by molar-refractivity contribution is 5.36. The molecule has 0 spiro atoms. The highest BCUT2D eigenvalue weighted by atomic mass is 15.1. The van der Waals surface area contributed by atoms with E-state index in [4.69, 9.17) is 0 Å². The molecule has 1 aromatic rings. The summed E-state index contributed by atoms with van der Waals surface area (Å²) in [5.41, 5.74) is 2.16. The Morgan fingerprint density at radius 3 is 2.56 bits per heavy atom. The van der Waals surface area contributed by atoms with Crippen molar-refractivity contribution in [2.75, 3.05) is 18.4 Å². The predicted octanol–water partition coefficient (Wildman–Crippen LogP) is 1.65. The summed E-state index contributed by atoms with van der Waals surface area (Å²) in [5, 5.41) is 6.88. The first-order valence-electron chi connectivity index (χ1n) is 5.88. The lowest BCUT2D eigenvalue weighted by Gasteiger charge is -2.35. The topological polar surface area (TPSA) is 49.8 Å². The van der Waals surface area contributed by atoms with E-state index < -0.39 is 0 Å². The van der Waals surface area contributed by atoms with Gasteiger partial charge >= 0.3 is 0 Å². The summed E-state index contributed by atoms with van der Waals surface area (Å²) in [6.45, 7) is 8.38. The van der Waals surface area contributed by atoms with E-state index in [2.05, 4.69) is 27.5 Å². The maximum absolute atomic E-state index is 4.52. The van der Waals surface area contributed by atoms with Gasteiger partial charge in [0.25, 0.3) is 0 Å². The minimum atomic E-state index is 0.154. The van der Waals surface area contributed by atoms with Crippen molar-refractivity contribution in [2.24, 2.45) is 0 Å². The van der Waals surface area contributed by atoms with E-state index in [1.165, 1.54) is 0 Å². The zero-order chi connectivity index (χ0) is 11.6. The van der Waals surface area contributed by atoms with E-state index in [-0.39, 0.29) is 5.54 Å². The van der Waals surface area contributed by atoms with Crippen LogP contribution in [-0.2, 0) is 0 Å². The van der Waals surface area contributed by atoms with Crippen LogP contribution in [0, 0.1) is 13.8 Å². The van der Waals surface area contributed by atoms with Gasteiger partial charge in [-0.25, -0.2) is 4.98 Å². The van der Waals surface area contributed by atoms with Crippen molar-refractivity contribution in [1.29, 1.82) is 0 Å². The number of nitrogens with zero attached hydrogens (tertiary/aromatic N) is 2. The van der Waals surface area contributed by atoms with Crippen LogP contribution >= 0.6 is 0 Å². The number of aryl methyl sites for hydroxylation is 2. The quantitative estimate of drug-likeness (QED) is 0.795. The number of hydrogen-bond acceptors (Lipinski definition) is 4. The van der Waals surface area contributed by atoms with E-state index in [1.54, 1.807) is 0 Å². The molecule has 0 unspecified atom stereocenters. The molecule has 2 N–H and O–H groups in total. The van der Waals surface area contributed by atoms with Gasteiger partial charge in [0.05, 0.1) is 17.6 Å². The second-order valence-electron chi connectivity index (χ2n) is 4.86. The molecule has 0 radical (unpaired) electrons. The molecule has 1 fully saturated rings. The van der Waals surface area contributed by atoms with E-state index in [1.807, 2.05) is 20.0 Å². The third-order valence-electron chi connectivity index (χ3n) is 3.33. The SMILES string of the molecule is Cc1ncc(NC2(C)CCNCC2)nc1C. The van der Waals surface area contributed by atoms with Crippen LogP contribution in [0.5, 0.6) is 0 Å². The van der Waals surface area contributed by atoms with Crippen LogP contribution in [0.4, 0.5) is 5.82 Å². The molecule has 16 heavy (non-hydrogen) atoms. The lowest BCUT2D eigenvalue weighted by atomic mass is 9.91. The predicted molar refractivity (Wildman–Crippen MR) is 65.6 cm³/mol. The number of hydrogen-bond donors (Lipinski definition) is 2. The van der Waals surface area contributed by atoms with Gasteiger partial charge in [0.15, 0.2) is 0 Å². The number of nitrogens with one attached hydrogen (secondary N) is 2. The molecule has 1 saturated heterocycles. The fourth-order valence-corrected chi connectivity index (χ4v) is 2.01. The molecular formula is C12H20N4. The van der Waals surface area contributed by atoms with Crippen LogP contribution in [0.25, 0.3) is 0 Å². The van der Waals surface area contributed by atoms with Gasteiger partial charge in [0.1, 0.15) is 5.82 Å². The monoisotopic (exact) mass is 220 g/mol. The molecule has 0 saturated carbocycles. The molecule has 2 heterocycles. The van der Waals surface area contributed by atoms with Gasteiger partial charge < -0.3 is 10.6 Å². The highest BCUT2D eigenvalue weighted by Crippen LogP contribution is 2.22. The third-order valence-corrected chi connectivity index (χ3v) is 3.33. The van der Waals surface area contributed by atoms with Crippen LogP contribution in [0.2, 0.25) is 0 Å². The van der Waals surface area contributed by atoms with Crippen molar-refractivity contribution >= 4 is 5.82 Å². The van der Waals surface area contributed by atoms with Gasteiger partial charge in [-0.2, -0.15) is 0 Å². The molecule has 0 amide bonds. The van der Waals surface area contributed by atoms with Gasteiger partial charge in [0.2, 0.25) is 0 Å². The summed E-state index contributed by atoms with van der Waals surface area (Å²) < 4.78 is 0. The lowest BCUT2D eigenvalue weighted by Crippen LogP contribution is -2.45. The standard InChI is InChI=1S/C12H20N4/c1-9-10(2)15-11(8-14-9)16-12(3)4-6-13-7-5-12/h8,13H,4-7H2,1-3H3,(H,15,16). The van der Waals surface area contributed by atoms with Crippen LogP contribution in [0.1, 0.15) is 31.2 Å². The van der Waals surface area contributed by atoms with Crippen molar-refractivity contribution in [3.05, 3.63) is 17.6 Å². The normalized spacial score (nSPS) is 19.4. The van der Waals surface area contributed by atoms with E-state index >= 15 is 0 Å². The van der Waals surface area contributed by atoms with Crippen molar-refractivity contribution in [2.45, 2.75) is 39.2 Å². The van der Waals surface area contributed by atoms with Gasteiger partial charge in [-0.1, -0.05) is 0 Å². The average molecular weight is 220 g/mol. The van der Waals surface area contributed by atoms with Crippen LogP contribution in [0.15, 0.2) is 6.20 Å². The number of aromatic nitrogens is 2. The number of rotatable bonds is 2. The summed E-state index contributed by atoms with van der Waals surface area (Å²) in [4.78, 5) is 8.85. The minimum Gasteiger partial charge on any atom is -0.364 e. The Morgan fingerprint density at radius 2 is 1.94 bits per heavy atom. The Kier molecular flexibility index (Phi) is 3.10. The second-order valence-corrected chi connectivity index (χ2v) is 4.86. The van der Waals surface area contributed by atoms with Crippen LogP contribution in [0.3, 0.4) is 0 Å². The molecule has 1 aliphatic heterocycles. The molecule has 0 aliphatic carbocycles. The second kappa shape index (κ2) is 4.37. The Balaban J connectivity index is 2.10. The molecule has 4 nitrogen and oxygen atoms in total.